The number of hydrogen-bond acceptors (Lipinski definition) is 5. The average molecular weight is 360 g/mol. The van der Waals surface area contributed by atoms with E-state index in [1.54, 1.807) is 6.08 Å². The minimum atomic E-state index is -0.831. The van der Waals surface area contributed by atoms with Crippen LogP contribution in [-0.2, 0) is 14.4 Å². The fraction of sp³-hybridized carbons (Fsp3) is 0.762. The van der Waals surface area contributed by atoms with Crippen molar-refractivity contribution in [2.75, 3.05) is 6.61 Å². The minimum Gasteiger partial charge on any atom is -0.393 e. The lowest BCUT2D eigenvalue weighted by Crippen LogP contribution is -2.58. The maximum atomic E-state index is 12.3. The van der Waals surface area contributed by atoms with Crippen LogP contribution in [0.2, 0.25) is 0 Å². The number of aliphatic hydroxyl groups is 2. The summed E-state index contributed by atoms with van der Waals surface area (Å²) in [6.45, 7) is 1.63. The predicted octanol–water partition coefficient (Wildman–Crippen LogP) is 1.85. The van der Waals surface area contributed by atoms with Crippen LogP contribution in [0, 0.1) is 34.5 Å². The molecule has 2 N–H and O–H groups in total. The Kier molecular flexibility index (Phi) is 4.23. The van der Waals surface area contributed by atoms with Gasteiger partial charge in [0.05, 0.1) is 6.10 Å². The van der Waals surface area contributed by atoms with Crippen LogP contribution in [0.3, 0.4) is 0 Å². The highest BCUT2D eigenvalue weighted by atomic mass is 16.3. The zero-order valence-electron chi connectivity index (χ0n) is 15.3. The van der Waals surface area contributed by atoms with Crippen LogP contribution in [0.5, 0.6) is 0 Å². The zero-order chi connectivity index (χ0) is 18.7. The van der Waals surface area contributed by atoms with E-state index >= 15 is 0 Å². The third-order valence-corrected chi connectivity index (χ3v) is 8.27. The first-order valence-corrected chi connectivity index (χ1v) is 9.89. The second-order valence-corrected chi connectivity index (χ2v) is 9.14. The molecule has 0 bridgehead atoms. The summed E-state index contributed by atoms with van der Waals surface area (Å²) >= 11 is 0. The van der Waals surface area contributed by atoms with Gasteiger partial charge in [-0.05, 0) is 67.8 Å². The Hall–Kier alpha value is -1.33. The number of carbonyl (C=O) groups is 3. The van der Waals surface area contributed by atoms with Crippen molar-refractivity contribution in [1.82, 2.24) is 0 Å². The van der Waals surface area contributed by atoms with Gasteiger partial charge in [0, 0.05) is 17.8 Å². The summed E-state index contributed by atoms with van der Waals surface area (Å²) in [7, 11) is 0. The van der Waals surface area contributed by atoms with E-state index in [4.69, 9.17) is 0 Å². The van der Waals surface area contributed by atoms with Gasteiger partial charge < -0.3 is 15.0 Å². The van der Waals surface area contributed by atoms with Gasteiger partial charge in [-0.1, -0.05) is 12.5 Å². The highest BCUT2D eigenvalue weighted by Crippen LogP contribution is 2.66. The Bertz CT molecular complexity index is 682. The summed E-state index contributed by atoms with van der Waals surface area (Å²) in [5.41, 5.74) is 0.140. The number of Topliss-reactive ketones (excluding diaryl/α,β-unsaturated/α-hetero) is 1. The smallest absolute Gasteiger partial charge is 0.162 e. The van der Waals surface area contributed by atoms with Gasteiger partial charge in [-0.3, -0.25) is 9.59 Å². The molecular formula is C21H28O5. The lowest BCUT2D eigenvalue weighted by molar-refractivity contribution is -0.157. The molecule has 0 unspecified atom stereocenters. The van der Waals surface area contributed by atoms with Gasteiger partial charge in [-0.15, -0.1) is 0 Å². The Morgan fingerprint density at radius 2 is 2.08 bits per heavy atom. The number of aliphatic hydroxyl groups excluding tert-OH is 2. The molecule has 26 heavy (non-hydrogen) atoms. The van der Waals surface area contributed by atoms with Crippen LogP contribution in [0.4, 0.5) is 0 Å². The maximum Gasteiger partial charge on any atom is 0.162 e. The SMILES string of the molecule is C[C@@]12CCC(=O)C=C1CC[C@@H]1[C@@H]2[C@@H](O)C[C@]2(C=O)[C@@H](C(=O)CO)CC[C@H]12. The molecule has 0 heterocycles. The van der Waals surface area contributed by atoms with Crippen LogP contribution in [0.1, 0.15) is 51.9 Å². The predicted molar refractivity (Wildman–Crippen MR) is 94.1 cm³/mol. The summed E-state index contributed by atoms with van der Waals surface area (Å²) in [6.07, 6.45) is 6.75. The fourth-order valence-electron chi connectivity index (χ4n) is 7.18. The van der Waals surface area contributed by atoms with Crippen LogP contribution in [0.25, 0.3) is 0 Å². The summed E-state index contributed by atoms with van der Waals surface area (Å²) in [5.74, 6) is -0.241. The molecule has 0 radical (unpaired) electrons. The first kappa shape index (κ1) is 18.1. The van der Waals surface area contributed by atoms with Gasteiger partial charge in [0.2, 0.25) is 0 Å². The van der Waals surface area contributed by atoms with E-state index in [0.29, 0.717) is 19.3 Å². The first-order valence-electron chi connectivity index (χ1n) is 9.89. The van der Waals surface area contributed by atoms with E-state index in [9.17, 15) is 24.6 Å². The molecule has 5 nitrogen and oxygen atoms in total. The van der Waals surface area contributed by atoms with Crippen LogP contribution in [0.15, 0.2) is 11.6 Å². The van der Waals surface area contributed by atoms with Crippen LogP contribution in [-0.4, -0.2) is 40.8 Å². The summed E-state index contributed by atoms with van der Waals surface area (Å²) in [5, 5.41) is 20.5. The third kappa shape index (κ3) is 2.26. The molecule has 0 spiro atoms. The molecule has 4 aliphatic carbocycles. The average Bonchev–Trinajstić information content (AvgIpc) is 3.00. The quantitative estimate of drug-likeness (QED) is 0.750. The molecule has 142 valence electrons. The lowest BCUT2D eigenvalue weighted by Gasteiger charge is -2.59. The van der Waals surface area contributed by atoms with Crippen molar-refractivity contribution in [3.63, 3.8) is 0 Å². The number of rotatable bonds is 3. The summed E-state index contributed by atoms with van der Waals surface area (Å²) in [4.78, 5) is 36.4. The topological polar surface area (TPSA) is 91.7 Å². The molecule has 3 saturated carbocycles. The Morgan fingerprint density at radius 3 is 2.77 bits per heavy atom. The van der Waals surface area contributed by atoms with Gasteiger partial charge in [-0.25, -0.2) is 0 Å². The maximum absolute atomic E-state index is 12.3. The van der Waals surface area contributed by atoms with Crippen molar-refractivity contribution >= 4 is 17.9 Å². The van der Waals surface area contributed by atoms with Gasteiger partial charge >= 0.3 is 0 Å². The summed E-state index contributed by atoms with van der Waals surface area (Å²) in [6, 6.07) is 0. The van der Waals surface area contributed by atoms with E-state index in [0.717, 1.165) is 37.5 Å². The molecule has 0 aromatic rings. The second-order valence-electron chi connectivity index (χ2n) is 9.14. The molecule has 3 fully saturated rings. The number of ketones is 2. The van der Waals surface area contributed by atoms with E-state index in [1.807, 2.05) is 0 Å². The molecule has 5 heteroatoms. The minimum absolute atomic E-state index is 0.0386. The second kappa shape index (κ2) is 6.10. The van der Waals surface area contributed by atoms with Gasteiger partial charge in [0.25, 0.3) is 0 Å². The van der Waals surface area contributed by atoms with E-state index in [2.05, 4.69) is 6.92 Å². The van der Waals surface area contributed by atoms with Gasteiger partial charge in [-0.2, -0.15) is 0 Å². The number of hydrogen-bond donors (Lipinski definition) is 2. The third-order valence-electron chi connectivity index (χ3n) is 8.27. The molecule has 7 atom stereocenters. The Balaban J connectivity index is 1.74. The zero-order valence-corrected chi connectivity index (χ0v) is 15.3. The van der Waals surface area contributed by atoms with Gasteiger partial charge in [0.1, 0.15) is 12.9 Å². The largest absolute Gasteiger partial charge is 0.393 e. The standard InChI is InChI=1S/C21H28O5/c1-20-7-6-13(24)8-12(20)2-3-14-15-4-5-16(18(26)10-22)21(15,11-23)9-17(25)19(14)20/h8,11,14-17,19,22,25H,2-7,9-10H2,1H3/t14-,15+,16+,17-,19+,20+,21+/m0/s1. The van der Waals surface area contributed by atoms with Crippen molar-refractivity contribution < 1.29 is 24.6 Å². The number of carbonyl (C=O) groups excluding carboxylic acids is 3. The molecule has 0 aliphatic heterocycles. The van der Waals surface area contributed by atoms with Crippen molar-refractivity contribution in [2.45, 2.75) is 58.0 Å². The van der Waals surface area contributed by atoms with Gasteiger partial charge in [0.15, 0.2) is 11.6 Å². The molecule has 0 saturated heterocycles. The lowest BCUT2D eigenvalue weighted by atomic mass is 9.45. The molecule has 0 amide bonds. The van der Waals surface area contributed by atoms with Crippen molar-refractivity contribution in [3.8, 4) is 0 Å². The van der Waals surface area contributed by atoms with Crippen molar-refractivity contribution in [3.05, 3.63) is 11.6 Å². The molecule has 0 aromatic heterocycles. The molecular weight excluding hydrogens is 332 g/mol. The number of aldehydes is 1. The number of fused-ring (bicyclic) bond motifs is 5. The van der Waals surface area contributed by atoms with E-state index < -0.39 is 24.0 Å². The molecule has 0 aromatic carbocycles. The van der Waals surface area contributed by atoms with Crippen LogP contribution < -0.4 is 0 Å². The van der Waals surface area contributed by atoms with E-state index in [-0.39, 0.29) is 34.7 Å². The Labute approximate surface area is 153 Å². The molecule has 4 aliphatic rings. The summed E-state index contributed by atoms with van der Waals surface area (Å²) < 4.78 is 0. The number of allylic oxidation sites excluding steroid dienone is 1. The van der Waals surface area contributed by atoms with Crippen LogP contribution >= 0.6 is 0 Å². The van der Waals surface area contributed by atoms with Crippen molar-refractivity contribution in [2.24, 2.45) is 34.5 Å². The molecule has 4 rings (SSSR count). The Morgan fingerprint density at radius 1 is 1.31 bits per heavy atom. The highest BCUT2D eigenvalue weighted by molar-refractivity contribution is 5.91. The normalized spacial score (nSPS) is 47.4. The van der Waals surface area contributed by atoms with Crippen molar-refractivity contribution in [1.29, 1.82) is 0 Å². The first-order chi connectivity index (χ1) is 12.4. The van der Waals surface area contributed by atoms with E-state index in [1.165, 1.54) is 0 Å². The monoisotopic (exact) mass is 360 g/mol. The fourth-order valence-corrected chi connectivity index (χ4v) is 7.18. The highest BCUT2D eigenvalue weighted by Gasteiger charge is 2.64.